The number of thiophene rings is 1. The summed E-state index contributed by atoms with van der Waals surface area (Å²) in [6.45, 7) is 0. The van der Waals surface area contributed by atoms with Gasteiger partial charge in [-0.15, -0.1) is 11.3 Å². The minimum absolute atomic E-state index is 0.783. The first-order valence-corrected chi connectivity index (χ1v) is 12.2. The van der Waals surface area contributed by atoms with E-state index in [1.807, 2.05) is 6.07 Å². The number of nitrogens with zero attached hydrogens (tertiary/aromatic N) is 1. The maximum atomic E-state index is 6.25. The Morgan fingerprint density at radius 1 is 0.515 bits per heavy atom. The standard InChI is InChI=1S/C30H18ClNS/c31-21-11-13-24-26-18-22(12-15-29(26)33-30(24)17-21)32-27-9-5-4-8-23(27)25-16-20(10-14-28(25)32)19-6-2-1-3-7-19/h1-18H. The van der Waals surface area contributed by atoms with Gasteiger partial charge in [-0.25, -0.2) is 0 Å². The second kappa shape index (κ2) is 7.21. The highest BCUT2D eigenvalue weighted by molar-refractivity contribution is 7.25. The van der Waals surface area contributed by atoms with E-state index >= 15 is 0 Å². The molecule has 0 unspecified atom stereocenters. The van der Waals surface area contributed by atoms with Gasteiger partial charge in [0.2, 0.25) is 0 Å². The number of halogens is 1. The van der Waals surface area contributed by atoms with E-state index in [0.717, 1.165) is 5.02 Å². The Morgan fingerprint density at radius 2 is 1.33 bits per heavy atom. The van der Waals surface area contributed by atoms with E-state index < -0.39 is 0 Å². The van der Waals surface area contributed by atoms with Crippen LogP contribution in [0.1, 0.15) is 0 Å². The van der Waals surface area contributed by atoms with Crippen molar-refractivity contribution >= 4 is 64.9 Å². The molecule has 0 spiro atoms. The van der Waals surface area contributed by atoms with Gasteiger partial charge in [0, 0.05) is 41.7 Å². The average molecular weight is 460 g/mol. The lowest BCUT2D eigenvalue weighted by atomic mass is 10.0. The predicted octanol–water partition coefficient (Wildman–Crippen LogP) is 9.47. The van der Waals surface area contributed by atoms with Crippen molar-refractivity contribution in [3.8, 4) is 16.8 Å². The zero-order chi connectivity index (χ0) is 21.9. The Hall–Kier alpha value is -3.59. The van der Waals surface area contributed by atoms with E-state index in [2.05, 4.69) is 108 Å². The number of hydrogen-bond donors (Lipinski definition) is 0. The summed E-state index contributed by atoms with van der Waals surface area (Å²) in [5.41, 5.74) is 6.09. The van der Waals surface area contributed by atoms with Gasteiger partial charge in [0.25, 0.3) is 0 Å². The first-order valence-electron chi connectivity index (χ1n) is 11.0. The Labute approximate surface area is 200 Å². The summed E-state index contributed by atoms with van der Waals surface area (Å²) in [7, 11) is 0. The van der Waals surface area contributed by atoms with Crippen LogP contribution in [0, 0.1) is 0 Å². The molecule has 0 saturated carbocycles. The SMILES string of the molecule is Clc1ccc2c(c1)sc1ccc(-n3c4ccccc4c4cc(-c5ccccc5)ccc43)cc12. The molecule has 5 aromatic carbocycles. The molecule has 0 radical (unpaired) electrons. The third-order valence-corrected chi connectivity index (χ3v) is 7.82. The Balaban J connectivity index is 1.52. The summed E-state index contributed by atoms with van der Waals surface area (Å²) < 4.78 is 4.89. The molecule has 0 aliphatic carbocycles. The highest BCUT2D eigenvalue weighted by Gasteiger charge is 2.14. The Kier molecular flexibility index (Phi) is 4.14. The highest BCUT2D eigenvalue weighted by atomic mass is 35.5. The molecule has 0 N–H and O–H groups in total. The molecule has 0 saturated heterocycles. The topological polar surface area (TPSA) is 4.93 Å². The number of rotatable bonds is 2. The van der Waals surface area contributed by atoms with Gasteiger partial charge in [-0.1, -0.05) is 72.3 Å². The van der Waals surface area contributed by atoms with E-state index in [1.165, 1.54) is 58.8 Å². The molecule has 0 amide bonds. The highest BCUT2D eigenvalue weighted by Crippen LogP contribution is 2.39. The molecule has 3 heteroatoms. The predicted molar refractivity (Wildman–Crippen MR) is 144 cm³/mol. The lowest BCUT2D eigenvalue weighted by molar-refractivity contribution is 1.19. The van der Waals surface area contributed by atoms with Crippen molar-refractivity contribution in [3.05, 3.63) is 114 Å². The second-order valence-corrected chi connectivity index (χ2v) is 9.89. The van der Waals surface area contributed by atoms with Crippen LogP contribution in [-0.2, 0) is 0 Å². The quantitative estimate of drug-likeness (QED) is 0.242. The van der Waals surface area contributed by atoms with Crippen molar-refractivity contribution in [2.75, 3.05) is 0 Å². The largest absolute Gasteiger partial charge is 0.309 e. The summed E-state index contributed by atoms with van der Waals surface area (Å²) in [4.78, 5) is 0. The van der Waals surface area contributed by atoms with Crippen LogP contribution in [0.3, 0.4) is 0 Å². The van der Waals surface area contributed by atoms with Gasteiger partial charge in [0.15, 0.2) is 0 Å². The fraction of sp³-hybridized carbons (Fsp3) is 0. The summed E-state index contributed by atoms with van der Waals surface area (Å²) in [6, 6.07) is 39.1. The first-order chi connectivity index (χ1) is 16.3. The van der Waals surface area contributed by atoms with Crippen LogP contribution in [-0.4, -0.2) is 4.57 Å². The van der Waals surface area contributed by atoms with Gasteiger partial charge < -0.3 is 4.57 Å². The lowest BCUT2D eigenvalue weighted by Crippen LogP contribution is -1.93. The summed E-state index contributed by atoms with van der Waals surface area (Å²) in [5, 5.41) is 5.86. The third-order valence-electron chi connectivity index (χ3n) is 6.45. The molecule has 0 atom stereocenters. The molecular weight excluding hydrogens is 442 g/mol. The van der Waals surface area contributed by atoms with Gasteiger partial charge in [-0.3, -0.25) is 0 Å². The van der Waals surface area contributed by atoms with Gasteiger partial charge in [0.05, 0.1) is 11.0 Å². The summed E-state index contributed by atoms with van der Waals surface area (Å²) in [5.74, 6) is 0. The zero-order valence-electron chi connectivity index (χ0n) is 17.6. The molecule has 2 aromatic heterocycles. The molecule has 33 heavy (non-hydrogen) atoms. The van der Waals surface area contributed by atoms with Crippen molar-refractivity contribution in [3.63, 3.8) is 0 Å². The second-order valence-electron chi connectivity index (χ2n) is 8.37. The molecule has 7 aromatic rings. The van der Waals surface area contributed by atoms with E-state index in [4.69, 9.17) is 11.6 Å². The molecule has 156 valence electrons. The smallest absolute Gasteiger partial charge is 0.0541 e. The molecule has 0 fully saturated rings. The van der Waals surface area contributed by atoms with E-state index in [9.17, 15) is 0 Å². The normalized spacial score (nSPS) is 11.8. The first kappa shape index (κ1) is 18.9. The molecule has 2 heterocycles. The minimum atomic E-state index is 0.783. The van der Waals surface area contributed by atoms with E-state index in [0.29, 0.717) is 0 Å². The molecular formula is C30H18ClNS. The van der Waals surface area contributed by atoms with Crippen LogP contribution in [0.5, 0.6) is 0 Å². The molecule has 0 aliphatic heterocycles. The van der Waals surface area contributed by atoms with Crippen molar-refractivity contribution in [2.24, 2.45) is 0 Å². The molecule has 0 bridgehead atoms. The number of hydrogen-bond acceptors (Lipinski definition) is 1. The van der Waals surface area contributed by atoms with Gasteiger partial charge in [0.1, 0.15) is 0 Å². The summed E-state index contributed by atoms with van der Waals surface area (Å²) >= 11 is 8.04. The van der Waals surface area contributed by atoms with Crippen LogP contribution in [0.25, 0.3) is 58.8 Å². The van der Waals surface area contributed by atoms with Crippen LogP contribution in [0.2, 0.25) is 5.02 Å². The van der Waals surface area contributed by atoms with Crippen LogP contribution in [0.4, 0.5) is 0 Å². The van der Waals surface area contributed by atoms with Crippen molar-refractivity contribution < 1.29 is 0 Å². The third kappa shape index (κ3) is 2.92. The molecule has 7 rings (SSSR count). The van der Waals surface area contributed by atoms with Gasteiger partial charge >= 0.3 is 0 Å². The summed E-state index contributed by atoms with van der Waals surface area (Å²) in [6.07, 6.45) is 0. The van der Waals surface area contributed by atoms with Crippen molar-refractivity contribution in [1.82, 2.24) is 4.57 Å². The number of para-hydroxylation sites is 1. The monoisotopic (exact) mass is 459 g/mol. The Bertz CT molecular complexity index is 1830. The zero-order valence-corrected chi connectivity index (χ0v) is 19.2. The molecule has 0 aliphatic rings. The van der Waals surface area contributed by atoms with Gasteiger partial charge in [-0.05, 0) is 59.7 Å². The van der Waals surface area contributed by atoms with Gasteiger partial charge in [-0.2, -0.15) is 0 Å². The van der Waals surface area contributed by atoms with Crippen LogP contribution in [0.15, 0.2) is 109 Å². The average Bonchev–Trinajstić information content (AvgIpc) is 3.38. The van der Waals surface area contributed by atoms with Crippen LogP contribution < -0.4 is 0 Å². The molecule has 1 nitrogen and oxygen atoms in total. The van der Waals surface area contributed by atoms with Crippen LogP contribution >= 0.6 is 22.9 Å². The lowest BCUT2D eigenvalue weighted by Gasteiger charge is -2.09. The van der Waals surface area contributed by atoms with E-state index in [1.54, 1.807) is 11.3 Å². The maximum Gasteiger partial charge on any atom is 0.0541 e. The number of aromatic nitrogens is 1. The van der Waals surface area contributed by atoms with Crippen molar-refractivity contribution in [1.29, 1.82) is 0 Å². The number of fused-ring (bicyclic) bond motifs is 6. The van der Waals surface area contributed by atoms with E-state index in [-0.39, 0.29) is 0 Å². The fourth-order valence-corrected chi connectivity index (χ4v) is 6.30. The number of benzene rings is 5. The fourth-order valence-electron chi connectivity index (χ4n) is 4.94. The van der Waals surface area contributed by atoms with Crippen molar-refractivity contribution in [2.45, 2.75) is 0 Å². The maximum absolute atomic E-state index is 6.25. The Morgan fingerprint density at radius 3 is 2.24 bits per heavy atom. The minimum Gasteiger partial charge on any atom is -0.309 e.